The lowest BCUT2D eigenvalue weighted by atomic mass is 10.1. The molecule has 0 aliphatic rings. The lowest BCUT2D eigenvalue weighted by Gasteiger charge is -1.97. The Bertz CT molecular complexity index is 733. The largest absolute Gasteiger partial charge is 0.366 e. The second-order valence-corrected chi connectivity index (χ2v) is 4.23. The van der Waals surface area contributed by atoms with Crippen LogP contribution in [0.5, 0.6) is 0 Å². The normalized spacial score (nSPS) is 10.4. The fourth-order valence-corrected chi connectivity index (χ4v) is 1.85. The van der Waals surface area contributed by atoms with E-state index < -0.39 is 5.91 Å². The predicted octanol–water partition coefficient (Wildman–Crippen LogP) is 2.50. The van der Waals surface area contributed by atoms with E-state index in [0.29, 0.717) is 17.0 Å². The van der Waals surface area contributed by atoms with Gasteiger partial charge in [-0.3, -0.25) is 9.78 Å². The molecule has 5 nitrogen and oxygen atoms in total. The van der Waals surface area contributed by atoms with E-state index in [4.69, 9.17) is 10.3 Å². The average molecular weight is 265 g/mol. The van der Waals surface area contributed by atoms with Gasteiger partial charge in [0.25, 0.3) is 0 Å². The van der Waals surface area contributed by atoms with Gasteiger partial charge in [0, 0.05) is 23.4 Å². The van der Waals surface area contributed by atoms with Gasteiger partial charge in [-0.05, 0) is 24.3 Å². The van der Waals surface area contributed by atoms with Crippen molar-refractivity contribution < 1.29 is 9.32 Å². The van der Waals surface area contributed by atoms with E-state index in [9.17, 15) is 4.79 Å². The standard InChI is InChI=1S/C15H11N3O2/c16-15(19)11-6-4-10(5-7-11)13-9-14(20-18-13)12-3-1-2-8-17-12/h1-9H,(H2,16,19). The number of pyridine rings is 1. The van der Waals surface area contributed by atoms with Gasteiger partial charge in [0.05, 0.1) is 0 Å². The van der Waals surface area contributed by atoms with E-state index in [2.05, 4.69) is 10.1 Å². The summed E-state index contributed by atoms with van der Waals surface area (Å²) in [6.45, 7) is 0. The van der Waals surface area contributed by atoms with Gasteiger partial charge in [-0.25, -0.2) is 0 Å². The summed E-state index contributed by atoms with van der Waals surface area (Å²) >= 11 is 0. The number of aromatic nitrogens is 2. The van der Waals surface area contributed by atoms with Crippen LogP contribution in [0.2, 0.25) is 0 Å². The van der Waals surface area contributed by atoms with Crippen LogP contribution >= 0.6 is 0 Å². The van der Waals surface area contributed by atoms with Crippen molar-refractivity contribution in [1.82, 2.24) is 10.1 Å². The highest BCUT2D eigenvalue weighted by atomic mass is 16.5. The number of nitrogens with two attached hydrogens (primary N) is 1. The van der Waals surface area contributed by atoms with Crippen molar-refractivity contribution in [3.05, 3.63) is 60.3 Å². The predicted molar refractivity (Wildman–Crippen MR) is 73.7 cm³/mol. The molecule has 2 aromatic heterocycles. The van der Waals surface area contributed by atoms with Crippen LogP contribution in [0.1, 0.15) is 10.4 Å². The number of rotatable bonds is 3. The summed E-state index contributed by atoms with van der Waals surface area (Å²) < 4.78 is 5.28. The molecule has 3 rings (SSSR count). The van der Waals surface area contributed by atoms with Crippen molar-refractivity contribution in [3.8, 4) is 22.7 Å². The highest BCUT2D eigenvalue weighted by molar-refractivity contribution is 5.93. The van der Waals surface area contributed by atoms with Gasteiger partial charge >= 0.3 is 0 Å². The third-order valence-corrected chi connectivity index (χ3v) is 2.89. The maximum Gasteiger partial charge on any atom is 0.248 e. The maximum atomic E-state index is 11.0. The molecule has 0 aliphatic carbocycles. The molecule has 3 aromatic rings. The first-order valence-electron chi connectivity index (χ1n) is 6.02. The highest BCUT2D eigenvalue weighted by Crippen LogP contribution is 2.24. The lowest BCUT2D eigenvalue weighted by molar-refractivity contribution is 0.100. The van der Waals surface area contributed by atoms with Gasteiger partial charge in [-0.1, -0.05) is 23.4 Å². The Morgan fingerprint density at radius 3 is 2.50 bits per heavy atom. The first-order chi connectivity index (χ1) is 9.74. The third-order valence-electron chi connectivity index (χ3n) is 2.89. The van der Waals surface area contributed by atoms with Gasteiger partial charge in [-0.15, -0.1) is 0 Å². The van der Waals surface area contributed by atoms with Crippen molar-refractivity contribution in [2.75, 3.05) is 0 Å². The number of amides is 1. The van der Waals surface area contributed by atoms with Gasteiger partial charge in [0.2, 0.25) is 5.91 Å². The Hall–Kier alpha value is -2.95. The van der Waals surface area contributed by atoms with Crippen LogP contribution < -0.4 is 5.73 Å². The maximum absolute atomic E-state index is 11.0. The molecule has 98 valence electrons. The van der Waals surface area contributed by atoms with E-state index in [0.717, 1.165) is 11.3 Å². The van der Waals surface area contributed by atoms with E-state index in [1.54, 1.807) is 30.5 Å². The number of carbonyl (C=O) groups excluding carboxylic acids is 1. The third kappa shape index (κ3) is 2.29. The quantitative estimate of drug-likeness (QED) is 0.788. The van der Waals surface area contributed by atoms with Gasteiger partial charge in [0.15, 0.2) is 5.76 Å². The van der Waals surface area contributed by atoms with Crippen LogP contribution in [0.4, 0.5) is 0 Å². The fourth-order valence-electron chi connectivity index (χ4n) is 1.85. The van der Waals surface area contributed by atoms with Crippen molar-refractivity contribution >= 4 is 5.91 Å². The molecule has 0 fully saturated rings. The monoisotopic (exact) mass is 265 g/mol. The average Bonchev–Trinajstić information content (AvgIpc) is 2.98. The molecule has 0 aliphatic heterocycles. The van der Waals surface area contributed by atoms with E-state index in [1.165, 1.54) is 0 Å². The lowest BCUT2D eigenvalue weighted by Crippen LogP contribution is -2.10. The summed E-state index contributed by atoms with van der Waals surface area (Å²) in [6, 6.07) is 14.2. The Morgan fingerprint density at radius 2 is 1.85 bits per heavy atom. The molecule has 0 radical (unpaired) electrons. The SMILES string of the molecule is NC(=O)c1ccc(-c2cc(-c3ccccn3)on2)cc1. The number of benzene rings is 1. The van der Waals surface area contributed by atoms with Gasteiger partial charge < -0.3 is 10.3 Å². The number of carbonyl (C=O) groups is 1. The summed E-state index contributed by atoms with van der Waals surface area (Å²) in [6.07, 6.45) is 1.69. The van der Waals surface area contributed by atoms with Gasteiger partial charge in [-0.2, -0.15) is 0 Å². The number of nitrogens with zero attached hydrogens (tertiary/aromatic N) is 2. The van der Waals surface area contributed by atoms with Crippen molar-refractivity contribution in [3.63, 3.8) is 0 Å². The molecule has 0 bridgehead atoms. The summed E-state index contributed by atoms with van der Waals surface area (Å²) in [5.41, 5.74) is 7.91. The second-order valence-electron chi connectivity index (χ2n) is 4.23. The second kappa shape index (κ2) is 4.97. The topological polar surface area (TPSA) is 82.0 Å². The van der Waals surface area contributed by atoms with Crippen molar-refractivity contribution in [1.29, 1.82) is 0 Å². The van der Waals surface area contributed by atoms with Crippen LogP contribution in [-0.4, -0.2) is 16.0 Å². The molecule has 20 heavy (non-hydrogen) atoms. The Labute approximate surface area is 115 Å². The Balaban J connectivity index is 1.92. The van der Waals surface area contributed by atoms with Crippen LogP contribution in [0.25, 0.3) is 22.7 Å². The van der Waals surface area contributed by atoms with E-state index >= 15 is 0 Å². The minimum Gasteiger partial charge on any atom is -0.366 e. The van der Waals surface area contributed by atoms with Crippen molar-refractivity contribution in [2.24, 2.45) is 5.73 Å². The molecule has 1 amide bonds. The molecule has 0 atom stereocenters. The molecule has 1 aromatic carbocycles. The fraction of sp³-hybridized carbons (Fsp3) is 0. The molecule has 0 saturated carbocycles. The van der Waals surface area contributed by atoms with E-state index in [-0.39, 0.29) is 0 Å². The van der Waals surface area contributed by atoms with Gasteiger partial charge in [0.1, 0.15) is 11.4 Å². The molecule has 2 N–H and O–H groups in total. The molecule has 0 spiro atoms. The molecular formula is C15H11N3O2. The first-order valence-corrected chi connectivity index (χ1v) is 6.02. The number of hydrogen-bond donors (Lipinski definition) is 1. The Kier molecular flexibility index (Phi) is 3.01. The minimum atomic E-state index is -0.453. The van der Waals surface area contributed by atoms with Crippen LogP contribution in [0.15, 0.2) is 59.3 Å². The summed E-state index contributed by atoms with van der Waals surface area (Å²) in [7, 11) is 0. The molecule has 0 saturated heterocycles. The van der Waals surface area contributed by atoms with Crippen LogP contribution in [0.3, 0.4) is 0 Å². The highest BCUT2D eigenvalue weighted by Gasteiger charge is 2.09. The Morgan fingerprint density at radius 1 is 1.05 bits per heavy atom. The van der Waals surface area contributed by atoms with Crippen LogP contribution in [0, 0.1) is 0 Å². The summed E-state index contributed by atoms with van der Waals surface area (Å²) in [4.78, 5) is 15.2. The number of hydrogen-bond acceptors (Lipinski definition) is 4. The van der Waals surface area contributed by atoms with Crippen LogP contribution in [-0.2, 0) is 0 Å². The summed E-state index contributed by atoms with van der Waals surface area (Å²) in [5, 5.41) is 4.01. The first kappa shape index (κ1) is 12.1. The minimum absolute atomic E-state index is 0.453. The molecular weight excluding hydrogens is 254 g/mol. The number of primary amides is 1. The van der Waals surface area contributed by atoms with E-state index in [1.807, 2.05) is 24.3 Å². The molecule has 2 heterocycles. The zero-order valence-electron chi connectivity index (χ0n) is 10.5. The molecule has 0 unspecified atom stereocenters. The zero-order chi connectivity index (χ0) is 13.9. The smallest absolute Gasteiger partial charge is 0.248 e. The summed E-state index contributed by atoms with van der Waals surface area (Å²) in [5.74, 6) is 0.144. The van der Waals surface area contributed by atoms with Crippen molar-refractivity contribution in [2.45, 2.75) is 0 Å². The zero-order valence-corrected chi connectivity index (χ0v) is 10.5. The molecule has 5 heteroatoms.